The van der Waals surface area contributed by atoms with Crippen molar-refractivity contribution in [3.05, 3.63) is 93.0 Å². The van der Waals surface area contributed by atoms with Crippen LogP contribution in [0, 0.1) is 20.8 Å². The van der Waals surface area contributed by atoms with Gasteiger partial charge in [0.15, 0.2) is 0 Å². The summed E-state index contributed by atoms with van der Waals surface area (Å²) in [4.78, 5) is 28.4. The van der Waals surface area contributed by atoms with Gasteiger partial charge in [0.05, 0.1) is 10.6 Å². The van der Waals surface area contributed by atoms with Gasteiger partial charge >= 0.3 is 0 Å². The van der Waals surface area contributed by atoms with E-state index in [1.165, 1.54) is 17.0 Å². The van der Waals surface area contributed by atoms with E-state index in [4.69, 9.17) is 23.2 Å². The largest absolute Gasteiger partial charge is 0.354 e. The van der Waals surface area contributed by atoms with E-state index in [2.05, 4.69) is 5.32 Å². The Morgan fingerprint density at radius 3 is 2.12 bits per heavy atom. The molecule has 0 aromatic heterocycles. The van der Waals surface area contributed by atoms with E-state index in [0.29, 0.717) is 27.8 Å². The number of carbonyl (C=O) groups is 2. The van der Waals surface area contributed by atoms with Crippen LogP contribution in [0.3, 0.4) is 0 Å². The summed E-state index contributed by atoms with van der Waals surface area (Å²) in [5.74, 6) is -0.940. The molecule has 0 spiro atoms. The first kappa shape index (κ1) is 31.5. The SMILES string of the molecule is CCCNC(=O)[C@@H](C)N(Cc1c(Cl)cccc1Cl)C(=O)CN(c1cccc(C)c1C)S(=O)(=O)c1ccc(C)cc1. The molecule has 40 heavy (non-hydrogen) atoms. The summed E-state index contributed by atoms with van der Waals surface area (Å²) in [6.07, 6.45) is 0.720. The monoisotopic (exact) mass is 603 g/mol. The lowest BCUT2D eigenvalue weighted by atomic mass is 10.1. The summed E-state index contributed by atoms with van der Waals surface area (Å²) in [5.41, 5.74) is 3.35. The second-order valence-corrected chi connectivity index (χ2v) is 12.4. The Labute approximate surface area is 247 Å². The lowest BCUT2D eigenvalue weighted by Crippen LogP contribution is -2.51. The second kappa shape index (κ2) is 13.5. The van der Waals surface area contributed by atoms with Gasteiger partial charge in [0, 0.05) is 28.7 Å². The number of nitrogens with zero attached hydrogens (tertiary/aromatic N) is 2. The van der Waals surface area contributed by atoms with Gasteiger partial charge in [-0.3, -0.25) is 13.9 Å². The molecule has 0 fully saturated rings. The summed E-state index contributed by atoms with van der Waals surface area (Å²) < 4.78 is 29.1. The number of nitrogens with one attached hydrogen (secondary N) is 1. The molecule has 1 atom stereocenters. The van der Waals surface area contributed by atoms with Crippen LogP contribution in [0.5, 0.6) is 0 Å². The minimum Gasteiger partial charge on any atom is -0.354 e. The highest BCUT2D eigenvalue weighted by Gasteiger charge is 2.33. The number of halogens is 2. The van der Waals surface area contributed by atoms with Crippen LogP contribution < -0.4 is 9.62 Å². The van der Waals surface area contributed by atoms with Crippen molar-refractivity contribution in [2.45, 2.75) is 58.5 Å². The molecule has 0 bridgehead atoms. The molecule has 3 aromatic carbocycles. The second-order valence-electron chi connectivity index (χ2n) is 9.73. The third kappa shape index (κ3) is 7.16. The molecule has 7 nitrogen and oxygen atoms in total. The van der Waals surface area contributed by atoms with E-state index in [0.717, 1.165) is 27.4 Å². The molecule has 0 aliphatic heterocycles. The maximum atomic E-state index is 14.1. The highest BCUT2D eigenvalue weighted by molar-refractivity contribution is 7.92. The molecule has 2 amide bonds. The molecular weight excluding hydrogens is 569 g/mol. The zero-order valence-electron chi connectivity index (χ0n) is 23.4. The molecule has 0 radical (unpaired) electrons. The first-order chi connectivity index (χ1) is 18.9. The maximum absolute atomic E-state index is 14.1. The Balaban J connectivity index is 2.10. The highest BCUT2D eigenvalue weighted by atomic mass is 35.5. The zero-order chi connectivity index (χ0) is 29.6. The fraction of sp³-hybridized carbons (Fsp3) is 0.333. The number of benzene rings is 3. The number of sulfonamides is 1. The normalized spacial score (nSPS) is 12.1. The van der Waals surface area contributed by atoms with Crippen LogP contribution >= 0.6 is 23.2 Å². The Morgan fingerprint density at radius 2 is 1.52 bits per heavy atom. The average molecular weight is 605 g/mol. The van der Waals surface area contributed by atoms with Gasteiger partial charge in [0.25, 0.3) is 10.0 Å². The van der Waals surface area contributed by atoms with Crippen LogP contribution in [-0.2, 0) is 26.2 Å². The summed E-state index contributed by atoms with van der Waals surface area (Å²) in [7, 11) is -4.15. The molecule has 0 heterocycles. The quantitative estimate of drug-likeness (QED) is 0.289. The van der Waals surface area contributed by atoms with Gasteiger partial charge in [0.1, 0.15) is 12.6 Å². The minimum atomic E-state index is -4.15. The van der Waals surface area contributed by atoms with E-state index < -0.39 is 28.5 Å². The van der Waals surface area contributed by atoms with Crippen LogP contribution in [0.25, 0.3) is 0 Å². The predicted molar refractivity (Wildman–Crippen MR) is 161 cm³/mol. The average Bonchev–Trinajstić information content (AvgIpc) is 2.91. The van der Waals surface area contributed by atoms with Gasteiger partial charge in [0.2, 0.25) is 11.8 Å². The fourth-order valence-electron chi connectivity index (χ4n) is 4.19. The number of hydrogen-bond acceptors (Lipinski definition) is 4. The summed E-state index contributed by atoms with van der Waals surface area (Å²) in [6.45, 7) is 8.91. The van der Waals surface area contributed by atoms with E-state index in [1.807, 2.05) is 33.8 Å². The Hall–Kier alpha value is -3.07. The van der Waals surface area contributed by atoms with E-state index in [-0.39, 0.29) is 17.3 Å². The molecule has 0 aliphatic rings. The molecule has 3 aromatic rings. The summed E-state index contributed by atoms with van der Waals surface area (Å²) in [6, 6.07) is 15.8. The molecular formula is C30H35Cl2N3O4S. The van der Waals surface area contributed by atoms with E-state index in [1.54, 1.807) is 49.4 Å². The Morgan fingerprint density at radius 1 is 0.925 bits per heavy atom. The molecule has 0 aliphatic carbocycles. The molecule has 10 heteroatoms. The van der Waals surface area contributed by atoms with Crippen LogP contribution in [0.15, 0.2) is 65.6 Å². The van der Waals surface area contributed by atoms with E-state index >= 15 is 0 Å². The highest BCUT2D eigenvalue weighted by Crippen LogP contribution is 2.30. The molecule has 214 valence electrons. The number of hydrogen-bond donors (Lipinski definition) is 1. The van der Waals surface area contributed by atoms with Crippen molar-refractivity contribution in [2.75, 3.05) is 17.4 Å². The van der Waals surface area contributed by atoms with Crippen molar-refractivity contribution in [3.8, 4) is 0 Å². The first-order valence-electron chi connectivity index (χ1n) is 13.0. The number of rotatable bonds is 11. The third-order valence-electron chi connectivity index (χ3n) is 6.84. The van der Waals surface area contributed by atoms with Crippen molar-refractivity contribution in [2.24, 2.45) is 0 Å². The minimum absolute atomic E-state index is 0.0567. The molecule has 1 N–H and O–H groups in total. The van der Waals surface area contributed by atoms with Gasteiger partial charge in [-0.2, -0.15) is 0 Å². The molecule has 3 rings (SSSR count). The van der Waals surface area contributed by atoms with Crippen molar-refractivity contribution in [3.63, 3.8) is 0 Å². The lowest BCUT2D eigenvalue weighted by molar-refractivity contribution is -0.139. The molecule has 0 saturated carbocycles. The number of amides is 2. The van der Waals surface area contributed by atoms with Crippen LogP contribution in [0.4, 0.5) is 5.69 Å². The maximum Gasteiger partial charge on any atom is 0.264 e. The Kier molecular flexibility index (Phi) is 10.6. The van der Waals surface area contributed by atoms with Gasteiger partial charge in [-0.15, -0.1) is 0 Å². The van der Waals surface area contributed by atoms with Crippen LogP contribution in [0.2, 0.25) is 10.0 Å². The lowest BCUT2D eigenvalue weighted by Gasteiger charge is -2.33. The number of carbonyl (C=O) groups excluding carboxylic acids is 2. The van der Waals surface area contributed by atoms with E-state index in [9.17, 15) is 18.0 Å². The topological polar surface area (TPSA) is 86.8 Å². The van der Waals surface area contributed by atoms with Crippen LogP contribution in [-0.4, -0.2) is 44.3 Å². The molecule has 0 saturated heterocycles. The van der Waals surface area contributed by atoms with Crippen molar-refractivity contribution >= 4 is 50.7 Å². The standard InChI is InChI=1S/C30H35Cl2N3O4S/c1-6-17-33-30(37)23(5)34(18-25-26(31)10-8-11-27(25)32)29(36)19-35(28-12-7-9-21(3)22(28)4)40(38,39)24-15-13-20(2)14-16-24/h7-16,23H,6,17-19H2,1-5H3,(H,33,37)/t23-/m1/s1. The van der Waals surface area contributed by atoms with Gasteiger partial charge in [-0.1, -0.05) is 66.0 Å². The van der Waals surface area contributed by atoms with Gasteiger partial charge < -0.3 is 10.2 Å². The molecule has 0 unspecified atom stereocenters. The van der Waals surface area contributed by atoms with Crippen molar-refractivity contribution in [1.29, 1.82) is 0 Å². The smallest absolute Gasteiger partial charge is 0.264 e. The van der Waals surface area contributed by atoms with Crippen molar-refractivity contribution < 1.29 is 18.0 Å². The first-order valence-corrected chi connectivity index (χ1v) is 15.2. The Bertz CT molecular complexity index is 1460. The third-order valence-corrected chi connectivity index (χ3v) is 9.32. The van der Waals surface area contributed by atoms with Gasteiger partial charge in [-0.25, -0.2) is 8.42 Å². The predicted octanol–water partition coefficient (Wildman–Crippen LogP) is 6.06. The zero-order valence-corrected chi connectivity index (χ0v) is 25.7. The summed E-state index contributed by atoms with van der Waals surface area (Å²) in [5, 5.41) is 3.49. The summed E-state index contributed by atoms with van der Waals surface area (Å²) >= 11 is 12.8. The van der Waals surface area contributed by atoms with Crippen LogP contribution in [0.1, 0.15) is 42.5 Å². The van der Waals surface area contributed by atoms with Crippen molar-refractivity contribution in [1.82, 2.24) is 10.2 Å². The number of aryl methyl sites for hydroxylation is 2. The van der Waals surface area contributed by atoms with Gasteiger partial charge in [-0.05, 0) is 75.6 Å². The number of anilines is 1. The fourth-order valence-corrected chi connectivity index (χ4v) is 6.18.